The minimum atomic E-state index is -4.56. The van der Waals surface area contributed by atoms with Crippen molar-refractivity contribution in [2.24, 2.45) is 4.99 Å². The summed E-state index contributed by atoms with van der Waals surface area (Å²) in [6.45, 7) is 5.71. The molecule has 0 spiro atoms. The molecule has 4 nitrogen and oxygen atoms in total. The number of aliphatic imine (C=N–C) groups is 1. The summed E-state index contributed by atoms with van der Waals surface area (Å²) < 4.78 is 45.4. The molecular formula is C18H23F3N2O2. The van der Waals surface area contributed by atoms with Crippen LogP contribution in [0, 0.1) is 6.92 Å². The maximum absolute atomic E-state index is 13.5. The topological polar surface area (TPSA) is 41.9 Å². The molecule has 0 aromatic heterocycles. The quantitative estimate of drug-likeness (QED) is 0.555. The van der Waals surface area contributed by atoms with Gasteiger partial charge in [-0.2, -0.15) is 13.2 Å². The molecule has 1 aliphatic heterocycles. The van der Waals surface area contributed by atoms with E-state index < -0.39 is 11.8 Å². The van der Waals surface area contributed by atoms with Crippen LogP contribution in [0.5, 0.6) is 0 Å². The van der Waals surface area contributed by atoms with E-state index in [1.807, 2.05) is 14.0 Å². The van der Waals surface area contributed by atoms with Crippen LogP contribution in [0.1, 0.15) is 40.4 Å². The standard InChI is InChI=1S/C18H23F3N2O2/c1-4-23(3)7-6-22-11-14-10-15(12-24)16(9-13(14)2)17(5-8-25-17)18(19,20)21/h6,9-10,12H,4-5,7-8,11H2,1-3H3/b22-6+. The first-order valence-corrected chi connectivity index (χ1v) is 8.22. The fraction of sp³-hybridized carbons (Fsp3) is 0.556. The number of alkyl halides is 3. The Balaban J connectivity index is 2.28. The monoisotopic (exact) mass is 356 g/mol. The molecule has 1 unspecified atom stereocenters. The summed E-state index contributed by atoms with van der Waals surface area (Å²) in [5, 5.41) is 0. The SMILES string of the molecule is CCN(C)C/C=N/Cc1cc(C=O)c(C2(C(F)(F)F)CCO2)cc1C. The van der Waals surface area contributed by atoms with Crippen LogP contribution >= 0.6 is 0 Å². The summed E-state index contributed by atoms with van der Waals surface area (Å²) >= 11 is 0. The molecule has 1 atom stereocenters. The number of nitrogens with zero attached hydrogens (tertiary/aromatic N) is 2. The highest BCUT2D eigenvalue weighted by molar-refractivity contribution is 5.79. The maximum Gasteiger partial charge on any atom is 0.421 e. The summed E-state index contributed by atoms with van der Waals surface area (Å²) in [7, 11) is 1.96. The van der Waals surface area contributed by atoms with E-state index in [0.717, 1.165) is 12.1 Å². The van der Waals surface area contributed by atoms with Crippen LogP contribution in [0.25, 0.3) is 0 Å². The highest BCUT2D eigenvalue weighted by Gasteiger charge is 2.62. The molecule has 1 aliphatic rings. The van der Waals surface area contributed by atoms with Gasteiger partial charge in [0.25, 0.3) is 0 Å². The molecule has 1 saturated heterocycles. The normalized spacial score (nSPS) is 20.9. The van der Waals surface area contributed by atoms with E-state index >= 15 is 0 Å². The second kappa shape index (κ2) is 7.66. The number of ether oxygens (including phenoxy) is 1. The van der Waals surface area contributed by atoms with Crippen LogP contribution in [0.3, 0.4) is 0 Å². The van der Waals surface area contributed by atoms with Gasteiger partial charge in [0.2, 0.25) is 0 Å². The molecule has 0 N–H and O–H groups in total. The lowest BCUT2D eigenvalue weighted by Crippen LogP contribution is -2.53. The van der Waals surface area contributed by atoms with E-state index in [1.165, 1.54) is 12.1 Å². The van der Waals surface area contributed by atoms with Gasteiger partial charge in [-0.05, 0) is 37.7 Å². The molecule has 25 heavy (non-hydrogen) atoms. The lowest BCUT2D eigenvalue weighted by atomic mass is 9.81. The van der Waals surface area contributed by atoms with Crippen LogP contribution < -0.4 is 0 Å². The highest BCUT2D eigenvalue weighted by Crippen LogP contribution is 2.51. The molecule has 0 radical (unpaired) electrons. The molecule has 0 amide bonds. The number of halogens is 3. The van der Waals surface area contributed by atoms with Gasteiger partial charge < -0.3 is 9.64 Å². The molecule has 0 bridgehead atoms. The van der Waals surface area contributed by atoms with Crippen molar-refractivity contribution in [3.8, 4) is 0 Å². The third-order valence-electron chi connectivity index (χ3n) is 4.65. The van der Waals surface area contributed by atoms with Crippen molar-refractivity contribution >= 4 is 12.5 Å². The number of hydrogen-bond acceptors (Lipinski definition) is 4. The number of carbonyl (C=O) groups excluding carboxylic acids is 1. The minimum absolute atomic E-state index is 0.0125. The Morgan fingerprint density at radius 3 is 2.56 bits per heavy atom. The van der Waals surface area contributed by atoms with E-state index in [1.54, 1.807) is 13.1 Å². The molecule has 1 heterocycles. The zero-order valence-electron chi connectivity index (χ0n) is 14.7. The van der Waals surface area contributed by atoms with Crippen molar-refractivity contribution in [3.63, 3.8) is 0 Å². The van der Waals surface area contributed by atoms with Gasteiger partial charge in [0, 0.05) is 30.3 Å². The minimum Gasteiger partial charge on any atom is -0.361 e. The Bertz CT molecular complexity index is 652. The zero-order valence-corrected chi connectivity index (χ0v) is 14.7. The van der Waals surface area contributed by atoms with Crippen molar-refractivity contribution < 1.29 is 22.7 Å². The van der Waals surface area contributed by atoms with Crippen LogP contribution in [0.2, 0.25) is 0 Å². The Kier molecular flexibility index (Phi) is 6.00. The lowest BCUT2D eigenvalue weighted by Gasteiger charge is -2.44. The summed E-state index contributed by atoms with van der Waals surface area (Å²) in [5.74, 6) is 0. The summed E-state index contributed by atoms with van der Waals surface area (Å²) in [5.41, 5.74) is -1.05. The van der Waals surface area contributed by atoms with Gasteiger partial charge in [-0.3, -0.25) is 9.79 Å². The summed E-state index contributed by atoms with van der Waals surface area (Å²) in [6.07, 6.45) is -2.50. The van der Waals surface area contributed by atoms with Crippen molar-refractivity contribution in [1.29, 1.82) is 0 Å². The Labute approximate surface area is 145 Å². The van der Waals surface area contributed by atoms with E-state index in [9.17, 15) is 18.0 Å². The van der Waals surface area contributed by atoms with Gasteiger partial charge in [0.1, 0.15) is 6.29 Å². The van der Waals surface area contributed by atoms with E-state index in [4.69, 9.17) is 4.74 Å². The molecule has 1 aromatic rings. The van der Waals surface area contributed by atoms with Crippen LogP contribution in [-0.2, 0) is 16.9 Å². The van der Waals surface area contributed by atoms with E-state index in [-0.39, 0.29) is 24.2 Å². The number of benzene rings is 1. The second-order valence-corrected chi connectivity index (χ2v) is 6.29. The van der Waals surface area contributed by atoms with E-state index in [2.05, 4.69) is 9.89 Å². The fourth-order valence-corrected chi connectivity index (χ4v) is 2.77. The predicted octanol–water partition coefficient (Wildman–Crippen LogP) is 3.51. The summed E-state index contributed by atoms with van der Waals surface area (Å²) in [4.78, 5) is 17.8. The zero-order chi connectivity index (χ0) is 18.7. The molecule has 1 fully saturated rings. The number of rotatable bonds is 7. The number of aldehydes is 1. The number of aryl methyl sites for hydroxylation is 1. The predicted molar refractivity (Wildman–Crippen MR) is 90.2 cm³/mol. The van der Waals surface area contributed by atoms with Gasteiger partial charge in [0.05, 0.1) is 13.2 Å². The molecule has 0 saturated carbocycles. The van der Waals surface area contributed by atoms with Gasteiger partial charge in [-0.1, -0.05) is 13.0 Å². The Morgan fingerprint density at radius 2 is 2.08 bits per heavy atom. The van der Waals surface area contributed by atoms with Crippen molar-refractivity contribution in [2.75, 3.05) is 26.7 Å². The Hall–Kier alpha value is -1.73. The molecule has 138 valence electrons. The van der Waals surface area contributed by atoms with Gasteiger partial charge in [-0.15, -0.1) is 0 Å². The van der Waals surface area contributed by atoms with Crippen molar-refractivity contribution in [3.05, 3.63) is 34.4 Å². The second-order valence-electron chi connectivity index (χ2n) is 6.29. The van der Waals surface area contributed by atoms with Gasteiger partial charge in [-0.25, -0.2) is 0 Å². The highest BCUT2D eigenvalue weighted by atomic mass is 19.4. The smallest absolute Gasteiger partial charge is 0.361 e. The van der Waals surface area contributed by atoms with Gasteiger partial charge >= 0.3 is 6.18 Å². The average molecular weight is 356 g/mol. The van der Waals surface area contributed by atoms with Gasteiger partial charge in [0.15, 0.2) is 5.60 Å². The lowest BCUT2D eigenvalue weighted by molar-refractivity contribution is -0.333. The molecule has 2 rings (SSSR count). The maximum atomic E-state index is 13.5. The first-order valence-electron chi connectivity index (χ1n) is 8.22. The fourth-order valence-electron chi connectivity index (χ4n) is 2.77. The molecular weight excluding hydrogens is 333 g/mol. The third kappa shape index (κ3) is 3.93. The molecule has 7 heteroatoms. The number of carbonyl (C=O) groups is 1. The molecule has 0 aliphatic carbocycles. The van der Waals surface area contributed by atoms with Crippen LogP contribution in [0.4, 0.5) is 13.2 Å². The number of hydrogen-bond donors (Lipinski definition) is 0. The largest absolute Gasteiger partial charge is 0.421 e. The van der Waals surface area contributed by atoms with Crippen molar-refractivity contribution in [2.45, 2.75) is 38.6 Å². The molecule has 1 aromatic carbocycles. The van der Waals surface area contributed by atoms with E-state index in [0.29, 0.717) is 24.9 Å². The van der Waals surface area contributed by atoms with Crippen LogP contribution in [0.15, 0.2) is 17.1 Å². The Morgan fingerprint density at radius 1 is 1.40 bits per heavy atom. The van der Waals surface area contributed by atoms with Crippen LogP contribution in [-0.4, -0.2) is 50.3 Å². The first kappa shape index (κ1) is 19.6. The summed E-state index contributed by atoms with van der Waals surface area (Å²) in [6, 6.07) is 2.91. The third-order valence-corrected chi connectivity index (χ3v) is 4.65. The average Bonchev–Trinajstić information content (AvgIpc) is 2.50. The first-order chi connectivity index (χ1) is 11.7. The van der Waals surface area contributed by atoms with Crippen molar-refractivity contribution in [1.82, 2.24) is 4.90 Å².